The van der Waals surface area contributed by atoms with E-state index >= 15 is 0 Å². The van der Waals surface area contributed by atoms with Gasteiger partial charge in [0.2, 0.25) is 5.90 Å². The lowest BCUT2D eigenvalue weighted by molar-refractivity contribution is 0.226. The van der Waals surface area contributed by atoms with Crippen molar-refractivity contribution in [3.63, 3.8) is 0 Å². The second kappa shape index (κ2) is 9.95. The fourth-order valence-electron chi connectivity index (χ4n) is 3.45. The van der Waals surface area contributed by atoms with E-state index in [9.17, 15) is 4.39 Å². The first-order chi connectivity index (χ1) is 15.4. The molecule has 0 unspecified atom stereocenters. The molecule has 1 aromatic heterocycles. The van der Waals surface area contributed by atoms with Gasteiger partial charge < -0.3 is 31.3 Å². The molecular formula is C23H27FN6O2. The molecule has 1 atom stereocenters. The van der Waals surface area contributed by atoms with E-state index in [4.69, 9.17) is 26.0 Å². The third-order valence-corrected chi connectivity index (χ3v) is 5.03. The average molecular weight is 439 g/mol. The number of anilines is 1. The Bertz CT molecular complexity index is 1100. The predicted octanol–water partition coefficient (Wildman–Crippen LogP) is 3.48. The van der Waals surface area contributed by atoms with Crippen molar-refractivity contribution in [1.29, 1.82) is 10.8 Å². The van der Waals surface area contributed by atoms with Crippen molar-refractivity contribution in [1.82, 2.24) is 15.6 Å². The number of methoxy groups -OCH3 is 1. The molecule has 1 aromatic carbocycles. The van der Waals surface area contributed by atoms with Crippen LogP contribution < -0.4 is 21.1 Å². The zero-order valence-electron chi connectivity index (χ0n) is 18.3. The smallest absolute Gasteiger partial charge is 0.207 e. The number of rotatable bonds is 4. The van der Waals surface area contributed by atoms with E-state index in [2.05, 4.69) is 15.6 Å². The molecule has 3 rings (SSSR count). The molecule has 1 aliphatic heterocycles. The summed E-state index contributed by atoms with van der Waals surface area (Å²) in [5, 5.41) is 22.5. The summed E-state index contributed by atoms with van der Waals surface area (Å²) >= 11 is 0. The van der Waals surface area contributed by atoms with Gasteiger partial charge >= 0.3 is 0 Å². The molecule has 2 bridgehead atoms. The molecule has 0 saturated heterocycles. The van der Waals surface area contributed by atoms with Crippen LogP contribution in [-0.2, 0) is 4.74 Å². The summed E-state index contributed by atoms with van der Waals surface area (Å²) in [5.74, 6) is 0.0720. The second-order valence-corrected chi connectivity index (χ2v) is 7.15. The monoisotopic (exact) mass is 438 g/mol. The SMILES string of the molecule is CCN/C1=C(\C=N)CN/C(=C\C(=N)OC)c2ccc(F)cc2[C@@H](C)Oc2cc1cnc2N. The summed E-state index contributed by atoms with van der Waals surface area (Å²) in [5.41, 5.74) is 9.86. The standard InChI is InChI=1S/C23H27FN6O2/c1-4-28-22-14-7-20(23(27)30-11-14)32-13(2)18-8-16(24)5-6-17(18)19(9-21(26)31-3)29-12-15(22)10-25/h5-11,13,25-26,28-29H,4,12H2,1-3H3,(H2,27,30)/b19-9-,22-15+,25-10?,26-21?/t13-/m1/s1. The van der Waals surface area contributed by atoms with Crippen molar-refractivity contribution in [2.24, 2.45) is 0 Å². The Morgan fingerprint density at radius 1 is 1.44 bits per heavy atom. The molecule has 32 heavy (non-hydrogen) atoms. The van der Waals surface area contributed by atoms with Crippen molar-refractivity contribution < 1.29 is 13.9 Å². The highest BCUT2D eigenvalue weighted by Gasteiger charge is 2.21. The molecule has 168 valence electrons. The zero-order chi connectivity index (χ0) is 23.3. The summed E-state index contributed by atoms with van der Waals surface area (Å²) in [6.07, 6.45) is 3.81. The summed E-state index contributed by atoms with van der Waals surface area (Å²) in [6.45, 7) is 4.64. The first-order valence-electron chi connectivity index (χ1n) is 10.2. The average Bonchev–Trinajstić information content (AvgIpc) is 2.78. The largest absolute Gasteiger partial charge is 0.482 e. The van der Waals surface area contributed by atoms with Gasteiger partial charge in [-0.15, -0.1) is 0 Å². The van der Waals surface area contributed by atoms with Crippen LogP contribution in [-0.4, -0.2) is 37.3 Å². The van der Waals surface area contributed by atoms with Crippen LogP contribution in [0.4, 0.5) is 10.2 Å². The number of nitrogen functional groups attached to an aromatic ring is 1. The lowest BCUT2D eigenvalue weighted by Gasteiger charge is -2.24. The lowest BCUT2D eigenvalue weighted by atomic mass is 9.98. The predicted molar refractivity (Wildman–Crippen MR) is 124 cm³/mol. The first kappa shape index (κ1) is 22.8. The number of nitrogens with zero attached hydrogens (tertiary/aromatic N) is 1. The van der Waals surface area contributed by atoms with Gasteiger partial charge in [-0.2, -0.15) is 0 Å². The molecule has 1 aliphatic rings. The number of nitrogens with two attached hydrogens (primary N) is 1. The van der Waals surface area contributed by atoms with Crippen LogP contribution in [0.2, 0.25) is 0 Å². The fourth-order valence-corrected chi connectivity index (χ4v) is 3.45. The van der Waals surface area contributed by atoms with Crippen LogP contribution in [0.3, 0.4) is 0 Å². The normalized spacial score (nSPS) is 19.5. The van der Waals surface area contributed by atoms with Gasteiger partial charge in [0.05, 0.1) is 7.11 Å². The van der Waals surface area contributed by atoms with Gasteiger partial charge in [0.15, 0.2) is 11.6 Å². The highest BCUT2D eigenvalue weighted by molar-refractivity contribution is 5.94. The van der Waals surface area contributed by atoms with Gasteiger partial charge in [0.25, 0.3) is 0 Å². The fraction of sp³-hybridized carbons (Fsp3) is 0.261. The van der Waals surface area contributed by atoms with Gasteiger partial charge in [-0.1, -0.05) is 0 Å². The Labute approximate surface area is 186 Å². The van der Waals surface area contributed by atoms with E-state index in [-0.39, 0.29) is 18.3 Å². The number of fused-ring (bicyclic) bond motifs is 3. The third kappa shape index (κ3) is 4.88. The molecule has 0 radical (unpaired) electrons. The van der Waals surface area contributed by atoms with Crippen molar-refractivity contribution in [3.8, 4) is 5.75 Å². The summed E-state index contributed by atoms with van der Waals surface area (Å²) in [7, 11) is 1.40. The number of halogens is 1. The number of hydrogen-bond acceptors (Lipinski definition) is 8. The molecule has 0 aliphatic carbocycles. The van der Waals surface area contributed by atoms with Gasteiger partial charge in [-0.05, 0) is 38.1 Å². The molecule has 0 amide bonds. The van der Waals surface area contributed by atoms with Crippen LogP contribution in [0.5, 0.6) is 5.75 Å². The number of ether oxygens (including phenoxy) is 2. The molecule has 0 fully saturated rings. The summed E-state index contributed by atoms with van der Waals surface area (Å²) in [4.78, 5) is 4.26. The van der Waals surface area contributed by atoms with E-state index < -0.39 is 11.9 Å². The molecule has 8 nitrogen and oxygen atoms in total. The molecule has 0 saturated carbocycles. The Kier molecular flexibility index (Phi) is 7.09. The Morgan fingerprint density at radius 3 is 2.91 bits per heavy atom. The second-order valence-electron chi connectivity index (χ2n) is 7.15. The van der Waals surface area contributed by atoms with Crippen LogP contribution >= 0.6 is 0 Å². The number of aromatic nitrogens is 1. The molecule has 6 N–H and O–H groups in total. The van der Waals surface area contributed by atoms with Crippen LogP contribution in [0.15, 0.2) is 42.1 Å². The zero-order valence-corrected chi connectivity index (χ0v) is 18.3. The van der Waals surface area contributed by atoms with E-state index in [1.807, 2.05) is 6.92 Å². The maximum absolute atomic E-state index is 14.2. The lowest BCUT2D eigenvalue weighted by Crippen LogP contribution is -2.24. The van der Waals surface area contributed by atoms with Gasteiger partial charge in [0.1, 0.15) is 11.9 Å². The van der Waals surface area contributed by atoms with Crippen LogP contribution in [0.25, 0.3) is 11.4 Å². The molecule has 0 spiro atoms. The van der Waals surface area contributed by atoms with Crippen LogP contribution in [0.1, 0.15) is 36.6 Å². The molecule has 9 heteroatoms. The maximum atomic E-state index is 14.2. The highest BCUT2D eigenvalue weighted by Crippen LogP contribution is 2.33. The molecule has 2 heterocycles. The maximum Gasteiger partial charge on any atom is 0.207 e. The number of benzene rings is 1. The minimum absolute atomic E-state index is 0.0746. The van der Waals surface area contributed by atoms with Crippen molar-refractivity contribution in [3.05, 3.63) is 64.6 Å². The summed E-state index contributed by atoms with van der Waals surface area (Å²) < 4.78 is 25.3. The highest BCUT2D eigenvalue weighted by atomic mass is 19.1. The third-order valence-electron chi connectivity index (χ3n) is 5.03. The minimum Gasteiger partial charge on any atom is -0.482 e. The van der Waals surface area contributed by atoms with Gasteiger partial charge in [-0.25, -0.2) is 9.37 Å². The number of pyridine rings is 1. The van der Waals surface area contributed by atoms with Crippen molar-refractivity contribution in [2.45, 2.75) is 20.0 Å². The van der Waals surface area contributed by atoms with Crippen molar-refractivity contribution in [2.75, 3.05) is 25.9 Å². The number of nitrogens with one attached hydrogen (secondary N) is 4. The van der Waals surface area contributed by atoms with E-state index in [0.29, 0.717) is 46.0 Å². The minimum atomic E-state index is -0.574. The molecule has 2 aromatic rings. The number of hydrogen-bond donors (Lipinski definition) is 5. The van der Waals surface area contributed by atoms with E-state index in [0.717, 1.165) is 0 Å². The Morgan fingerprint density at radius 2 is 2.22 bits per heavy atom. The Balaban J connectivity index is 2.26. The van der Waals surface area contributed by atoms with Gasteiger partial charge in [0, 0.05) is 65.2 Å². The van der Waals surface area contributed by atoms with E-state index in [1.54, 1.807) is 25.3 Å². The summed E-state index contributed by atoms with van der Waals surface area (Å²) in [6, 6.07) is 6.12. The Hall–Kier alpha value is -3.88. The first-order valence-corrected chi connectivity index (χ1v) is 10.2. The van der Waals surface area contributed by atoms with Gasteiger partial charge in [-0.3, -0.25) is 5.41 Å². The molecular weight excluding hydrogens is 411 g/mol. The topological polar surface area (TPSA) is 129 Å². The quantitative estimate of drug-likeness (QED) is 0.367. The van der Waals surface area contributed by atoms with Crippen molar-refractivity contribution >= 4 is 29.3 Å². The van der Waals surface area contributed by atoms with E-state index in [1.165, 1.54) is 31.5 Å². The van der Waals surface area contributed by atoms with Crippen LogP contribution in [0, 0.1) is 16.6 Å².